The topological polar surface area (TPSA) is 58.6 Å². The van der Waals surface area contributed by atoms with Crippen LogP contribution in [-0.4, -0.2) is 53.2 Å². The van der Waals surface area contributed by atoms with Crippen LogP contribution in [0.2, 0.25) is 0 Å². The van der Waals surface area contributed by atoms with Gasteiger partial charge in [0.2, 0.25) is 0 Å². The van der Waals surface area contributed by atoms with Crippen molar-refractivity contribution in [2.45, 2.75) is 46.6 Å². The Hall–Kier alpha value is -1.85. The van der Waals surface area contributed by atoms with Gasteiger partial charge in [-0.2, -0.15) is 0 Å². The van der Waals surface area contributed by atoms with E-state index in [0.717, 1.165) is 36.7 Å². The van der Waals surface area contributed by atoms with Gasteiger partial charge in [0.25, 0.3) is 0 Å². The highest BCUT2D eigenvalue weighted by molar-refractivity contribution is 5.67. The molecule has 6 heteroatoms. The van der Waals surface area contributed by atoms with Crippen molar-refractivity contribution in [1.82, 2.24) is 14.9 Å². The molecule has 1 amide bonds. The van der Waals surface area contributed by atoms with Crippen LogP contribution >= 0.6 is 0 Å². The average Bonchev–Trinajstić information content (AvgIpc) is 2.88. The minimum atomic E-state index is -0.457. The predicted molar refractivity (Wildman–Crippen MR) is 90.7 cm³/mol. The molecular weight excluding hydrogens is 292 g/mol. The average molecular weight is 320 g/mol. The molecule has 2 heterocycles. The molecular formula is C17H28N4O2. The van der Waals surface area contributed by atoms with Gasteiger partial charge in [-0.05, 0) is 47.0 Å². The van der Waals surface area contributed by atoms with Gasteiger partial charge in [-0.15, -0.1) is 0 Å². The number of anilines is 1. The number of aromatic nitrogens is 2. The fourth-order valence-electron chi connectivity index (χ4n) is 2.80. The van der Waals surface area contributed by atoms with E-state index in [9.17, 15) is 4.79 Å². The molecule has 1 unspecified atom stereocenters. The van der Waals surface area contributed by atoms with Gasteiger partial charge in [0.15, 0.2) is 0 Å². The molecule has 1 aromatic rings. The monoisotopic (exact) mass is 320 g/mol. The van der Waals surface area contributed by atoms with Gasteiger partial charge in [0.05, 0.1) is 11.4 Å². The lowest BCUT2D eigenvalue weighted by molar-refractivity contribution is 0.0277. The number of carbonyl (C=O) groups excluding carboxylic acids is 1. The summed E-state index contributed by atoms with van der Waals surface area (Å²) >= 11 is 0. The van der Waals surface area contributed by atoms with Crippen LogP contribution in [-0.2, 0) is 4.74 Å². The van der Waals surface area contributed by atoms with Gasteiger partial charge in [-0.1, -0.05) is 0 Å². The Morgan fingerprint density at radius 1 is 1.43 bits per heavy atom. The Kier molecular flexibility index (Phi) is 5.12. The third-order valence-electron chi connectivity index (χ3n) is 3.87. The van der Waals surface area contributed by atoms with Crippen molar-refractivity contribution in [2.24, 2.45) is 5.92 Å². The van der Waals surface area contributed by atoms with Crippen LogP contribution in [0.4, 0.5) is 10.6 Å². The highest BCUT2D eigenvalue weighted by Gasteiger charge is 2.28. The second kappa shape index (κ2) is 6.72. The van der Waals surface area contributed by atoms with E-state index in [1.54, 1.807) is 18.1 Å². The summed E-state index contributed by atoms with van der Waals surface area (Å²) in [4.78, 5) is 25.0. The quantitative estimate of drug-likeness (QED) is 0.857. The highest BCUT2D eigenvalue weighted by Crippen LogP contribution is 2.25. The number of amides is 1. The van der Waals surface area contributed by atoms with Crippen LogP contribution < -0.4 is 4.90 Å². The third kappa shape index (κ3) is 4.81. The molecule has 1 aliphatic heterocycles. The number of ether oxygens (including phenoxy) is 1. The fraction of sp³-hybridized carbons (Fsp3) is 0.706. The molecule has 0 N–H and O–H groups in total. The molecule has 128 valence electrons. The fourth-order valence-corrected chi connectivity index (χ4v) is 2.80. The first-order valence-corrected chi connectivity index (χ1v) is 8.15. The molecule has 6 nitrogen and oxygen atoms in total. The van der Waals surface area contributed by atoms with Crippen LogP contribution in [0.3, 0.4) is 0 Å². The van der Waals surface area contributed by atoms with Crippen molar-refractivity contribution in [3.63, 3.8) is 0 Å². The summed E-state index contributed by atoms with van der Waals surface area (Å²) in [5.41, 5.74) is 1.43. The first kappa shape index (κ1) is 17.5. The first-order valence-electron chi connectivity index (χ1n) is 8.15. The van der Waals surface area contributed by atoms with Crippen LogP contribution in [0.5, 0.6) is 0 Å². The summed E-state index contributed by atoms with van der Waals surface area (Å²) in [6.45, 7) is 12.1. The Balaban J connectivity index is 1.93. The number of carbonyl (C=O) groups is 1. The molecule has 0 saturated carbocycles. The van der Waals surface area contributed by atoms with Crippen molar-refractivity contribution in [2.75, 3.05) is 31.6 Å². The standard InChI is InChI=1S/C17H28N4O2/c1-12-9-18-13(2)15(19-12)21-8-7-14(11-21)10-20(6)16(22)23-17(3,4)5/h9,14H,7-8,10-11H2,1-6H3. The Morgan fingerprint density at radius 2 is 2.13 bits per heavy atom. The molecule has 0 radical (unpaired) electrons. The minimum Gasteiger partial charge on any atom is -0.444 e. The highest BCUT2D eigenvalue weighted by atomic mass is 16.6. The number of aryl methyl sites for hydroxylation is 2. The second-order valence-corrected chi connectivity index (χ2v) is 7.38. The van der Waals surface area contributed by atoms with Crippen molar-refractivity contribution < 1.29 is 9.53 Å². The van der Waals surface area contributed by atoms with Crippen molar-refractivity contribution in [3.8, 4) is 0 Å². The third-order valence-corrected chi connectivity index (χ3v) is 3.87. The SMILES string of the molecule is Cc1cnc(C)c(N2CCC(CN(C)C(=O)OC(C)(C)C)C2)n1. The summed E-state index contributed by atoms with van der Waals surface area (Å²) < 4.78 is 5.41. The van der Waals surface area contributed by atoms with E-state index in [2.05, 4.69) is 14.9 Å². The predicted octanol–water partition coefficient (Wildman–Crippen LogP) is 2.79. The zero-order chi connectivity index (χ0) is 17.2. The number of rotatable bonds is 3. The summed E-state index contributed by atoms with van der Waals surface area (Å²) in [6.07, 6.45) is 2.58. The molecule has 0 bridgehead atoms. The number of hydrogen-bond acceptors (Lipinski definition) is 5. The van der Waals surface area contributed by atoms with Crippen molar-refractivity contribution in [3.05, 3.63) is 17.6 Å². The summed E-state index contributed by atoms with van der Waals surface area (Å²) in [5.74, 6) is 1.39. The molecule has 1 aromatic heterocycles. The number of hydrogen-bond donors (Lipinski definition) is 0. The van der Waals surface area contributed by atoms with E-state index in [-0.39, 0.29) is 6.09 Å². The Bertz CT molecular complexity index is 568. The van der Waals surface area contributed by atoms with E-state index in [1.807, 2.05) is 34.6 Å². The molecule has 0 spiro atoms. The molecule has 1 fully saturated rings. The largest absolute Gasteiger partial charge is 0.444 e. The lowest BCUT2D eigenvalue weighted by atomic mass is 10.1. The zero-order valence-corrected chi connectivity index (χ0v) is 15.1. The maximum absolute atomic E-state index is 12.1. The second-order valence-electron chi connectivity index (χ2n) is 7.38. The maximum Gasteiger partial charge on any atom is 0.410 e. The van der Waals surface area contributed by atoms with E-state index in [1.165, 1.54) is 0 Å². The van der Waals surface area contributed by atoms with Crippen LogP contribution in [0.1, 0.15) is 38.6 Å². The normalized spacial score (nSPS) is 18.2. The van der Waals surface area contributed by atoms with E-state index in [0.29, 0.717) is 12.5 Å². The molecule has 1 aliphatic rings. The zero-order valence-electron chi connectivity index (χ0n) is 15.1. The van der Waals surface area contributed by atoms with E-state index in [4.69, 9.17) is 4.74 Å². The molecule has 0 aliphatic carbocycles. The summed E-state index contributed by atoms with van der Waals surface area (Å²) in [7, 11) is 1.80. The Morgan fingerprint density at radius 3 is 2.78 bits per heavy atom. The number of nitrogens with zero attached hydrogens (tertiary/aromatic N) is 4. The van der Waals surface area contributed by atoms with Crippen LogP contribution in [0.15, 0.2) is 6.20 Å². The first-order chi connectivity index (χ1) is 10.7. The van der Waals surface area contributed by atoms with Gasteiger partial charge < -0.3 is 14.5 Å². The lowest BCUT2D eigenvalue weighted by Crippen LogP contribution is -2.37. The Labute approximate surface area is 138 Å². The summed E-state index contributed by atoms with van der Waals surface area (Å²) in [5, 5.41) is 0. The van der Waals surface area contributed by atoms with Gasteiger partial charge in [-0.3, -0.25) is 4.98 Å². The lowest BCUT2D eigenvalue weighted by Gasteiger charge is -2.26. The summed E-state index contributed by atoms with van der Waals surface area (Å²) in [6, 6.07) is 0. The van der Waals surface area contributed by atoms with Gasteiger partial charge in [-0.25, -0.2) is 9.78 Å². The minimum absolute atomic E-state index is 0.262. The molecule has 2 rings (SSSR count). The van der Waals surface area contributed by atoms with Gasteiger partial charge >= 0.3 is 6.09 Å². The van der Waals surface area contributed by atoms with Crippen LogP contribution in [0, 0.1) is 19.8 Å². The molecule has 0 aromatic carbocycles. The van der Waals surface area contributed by atoms with Crippen LogP contribution in [0.25, 0.3) is 0 Å². The molecule has 1 saturated heterocycles. The maximum atomic E-state index is 12.1. The van der Waals surface area contributed by atoms with Gasteiger partial charge in [0, 0.05) is 32.9 Å². The van der Waals surface area contributed by atoms with Crippen molar-refractivity contribution >= 4 is 11.9 Å². The smallest absolute Gasteiger partial charge is 0.410 e. The molecule has 23 heavy (non-hydrogen) atoms. The van der Waals surface area contributed by atoms with E-state index >= 15 is 0 Å². The van der Waals surface area contributed by atoms with E-state index < -0.39 is 5.60 Å². The van der Waals surface area contributed by atoms with Gasteiger partial charge in [0.1, 0.15) is 11.4 Å². The molecule has 1 atom stereocenters. The van der Waals surface area contributed by atoms with Crippen molar-refractivity contribution in [1.29, 1.82) is 0 Å².